The van der Waals surface area contributed by atoms with Gasteiger partial charge in [0.1, 0.15) is 0 Å². The van der Waals surface area contributed by atoms with Gasteiger partial charge in [-0.05, 0) is 24.6 Å². The van der Waals surface area contributed by atoms with Gasteiger partial charge in [0.25, 0.3) is 0 Å². The van der Waals surface area contributed by atoms with Crippen molar-refractivity contribution < 1.29 is 4.42 Å². The minimum atomic E-state index is 0.576. The van der Waals surface area contributed by atoms with Crippen molar-refractivity contribution in [1.29, 1.82) is 0 Å². The van der Waals surface area contributed by atoms with E-state index in [1.807, 2.05) is 32.0 Å². The number of nitrogens with zero attached hydrogens (tertiary/aromatic N) is 2. The Morgan fingerprint density at radius 1 is 1.33 bits per heavy atom. The molecule has 0 saturated heterocycles. The molecule has 1 aromatic heterocycles. The molecular formula is C11H11BrN2O. The Morgan fingerprint density at radius 3 is 2.73 bits per heavy atom. The maximum Gasteiger partial charge on any atom is 0.247 e. The summed E-state index contributed by atoms with van der Waals surface area (Å²) in [6.45, 7) is 4.03. The average molecular weight is 267 g/mol. The quantitative estimate of drug-likeness (QED) is 0.837. The molecule has 0 atom stereocenters. The lowest BCUT2D eigenvalue weighted by Crippen LogP contribution is -1.80. The van der Waals surface area contributed by atoms with Crippen LogP contribution in [0.25, 0.3) is 11.5 Å². The molecule has 15 heavy (non-hydrogen) atoms. The van der Waals surface area contributed by atoms with Crippen molar-refractivity contribution in [3.8, 4) is 11.5 Å². The molecule has 0 radical (unpaired) electrons. The molecule has 1 aromatic carbocycles. The van der Waals surface area contributed by atoms with E-state index in [-0.39, 0.29) is 0 Å². The molecule has 0 N–H and O–H groups in total. The molecule has 0 aliphatic rings. The van der Waals surface area contributed by atoms with Gasteiger partial charge in [0, 0.05) is 16.5 Å². The fraction of sp³-hybridized carbons (Fsp3) is 0.273. The van der Waals surface area contributed by atoms with Crippen molar-refractivity contribution in [3.63, 3.8) is 0 Å². The van der Waals surface area contributed by atoms with E-state index < -0.39 is 0 Å². The Morgan fingerprint density at radius 2 is 2.13 bits per heavy atom. The predicted molar refractivity (Wildman–Crippen MR) is 61.5 cm³/mol. The lowest BCUT2D eigenvalue weighted by atomic mass is 10.1. The second-order valence-corrected chi connectivity index (χ2v) is 4.17. The van der Waals surface area contributed by atoms with E-state index >= 15 is 0 Å². The number of aromatic nitrogens is 2. The van der Waals surface area contributed by atoms with Gasteiger partial charge in [0.2, 0.25) is 11.8 Å². The SMILES string of the molecule is CCc1nnc(-c2ccc(C)c(Br)c2)o1. The maximum atomic E-state index is 5.47. The van der Waals surface area contributed by atoms with Crippen LogP contribution in [0.15, 0.2) is 27.1 Å². The van der Waals surface area contributed by atoms with E-state index in [0.29, 0.717) is 11.8 Å². The smallest absolute Gasteiger partial charge is 0.247 e. The average Bonchev–Trinajstić information content (AvgIpc) is 2.70. The molecule has 0 spiro atoms. The molecule has 0 aliphatic carbocycles. The zero-order valence-electron chi connectivity index (χ0n) is 8.62. The van der Waals surface area contributed by atoms with Crippen LogP contribution in [0, 0.1) is 6.92 Å². The lowest BCUT2D eigenvalue weighted by Gasteiger charge is -1.99. The van der Waals surface area contributed by atoms with Crippen molar-refractivity contribution in [2.24, 2.45) is 0 Å². The minimum Gasteiger partial charge on any atom is -0.421 e. The monoisotopic (exact) mass is 266 g/mol. The van der Waals surface area contributed by atoms with Crippen LogP contribution in [-0.2, 0) is 6.42 Å². The molecule has 78 valence electrons. The fourth-order valence-corrected chi connectivity index (χ4v) is 1.62. The number of hydrogen-bond acceptors (Lipinski definition) is 3. The topological polar surface area (TPSA) is 38.9 Å². The van der Waals surface area contributed by atoms with E-state index in [4.69, 9.17) is 4.42 Å². The summed E-state index contributed by atoms with van der Waals surface area (Å²) >= 11 is 3.48. The summed E-state index contributed by atoms with van der Waals surface area (Å²) in [7, 11) is 0. The van der Waals surface area contributed by atoms with E-state index in [1.54, 1.807) is 0 Å². The van der Waals surface area contributed by atoms with Crippen molar-refractivity contribution in [2.75, 3.05) is 0 Å². The molecule has 0 amide bonds. The van der Waals surface area contributed by atoms with Gasteiger partial charge in [-0.15, -0.1) is 10.2 Å². The molecular weight excluding hydrogens is 256 g/mol. The standard InChI is InChI=1S/C11H11BrN2O/c1-3-10-13-14-11(15-10)8-5-4-7(2)9(12)6-8/h4-6H,3H2,1-2H3. The predicted octanol–water partition coefficient (Wildman–Crippen LogP) is 3.37. The van der Waals surface area contributed by atoms with Gasteiger partial charge in [0.15, 0.2) is 0 Å². The summed E-state index contributed by atoms with van der Waals surface area (Å²) < 4.78 is 6.52. The van der Waals surface area contributed by atoms with Crippen molar-refractivity contribution in [2.45, 2.75) is 20.3 Å². The Bertz CT molecular complexity index is 479. The molecule has 2 rings (SSSR count). The Hall–Kier alpha value is -1.16. The van der Waals surface area contributed by atoms with Crippen molar-refractivity contribution >= 4 is 15.9 Å². The van der Waals surface area contributed by atoms with E-state index in [2.05, 4.69) is 26.1 Å². The van der Waals surface area contributed by atoms with Crippen LogP contribution in [0.1, 0.15) is 18.4 Å². The Labute approximate surface area is 96.7 Å². The van der Waals surface area contributed by atoms with Crippen LogP contribution in [0.3, 0.4) is 0 Å². The van der Waals surface area contributed by atoms with E-state index in [9.17, 15) is 0 Å². The number of rotatable bonds is 2. The Kier molecular flexibility index (Phi) is 2.86. The second kappa shape index (κ2) is 4.14. The van der Waals surface area contributed by atoms with Crippen LogP contribution < -0.4 is 0 Å². The van der Waals surface area contributed by atoms with Crippen LogP contribution in [0.4, 0.5) is 0 Å². The van der Waals surface area contributed by atoms with Crippen molar-refractivity contribution in [1.82, 2.24) is 10.2 Å². The normalized spacial score (nSPS) is 10.6. The third-order valence-corrected chi connectivity index (χ3v) is 3.04. The summed E-state index contributed by atoms with van der Waals surface area (Å²) in [6.07, 6.45) is 0.764. The molecule has 0 aliphatic heterocycles. The first kappa shape index (κ1) is 10.4. The third-order valence-electron chi connectivity index (χ3n) is 2.19. The molecule has 3 nitrogen and oxygen atoms in total. The van der Waals surface area contributed by atoms with Gasteiger partial charge >= 0.3 is 0 Å². The summed E-state index contributed by atoms with van der Waals surface area (Å²) in [5.74, 6) is 1.24. The highest BCUT2D eigenvalue weighted by atomic mass is 79.9. The van der Waals surface area contributed by atoms with Gasteiger partial charge in [-0.2, -0.15) is 0 Å². The van der Waals surface area contributed by atoms with Gasteiger partial charge in [0.05, 0.1) is 0 Å². The second-order valence-electron chi connectivity index (χ2n) is 3.32. The number of halogens is 1. The summed E-state index contributed by atoms with van der Waals surface area (Å²) in [6, 6.07) is 5.99. The molecule has 0 saturated carbocycles. The summed E-state index contributed by atoms with van der Waals surface area (Å²) in [4.78, 5) is 0. The zero-order chi connectivity index (χ0) is 10.8. The highest BCUT2D eigenvalue weighted by molar-refractivity contribution is 9.10. The summed E-state index contributed by atoms with van der Waals surface area (Å²) in [5, 5.41) is 7.92. The minimum absolute atomic E-state index is 0.576. The van der Waals surface area contributed by atoms with Crippen LogP contribution in [-0.4, -0.2) is 10.2 Å². The van der Waals surface area contributed by atoms with Gasteiger partial charge < -0.3 is 4.42 Å². The fourth-order valence-electron chi connectivity index (χ4n) is 1.24. The van der Waals surface area contributed by atoms with Gasteiger partial charge in [-0.3, -0.25) is 0 Å². The van der Waals surface area contributed by atoms with Crippen LogP contribution >= 0.6 is 15.9 Å². The highest BCUT2D eigenvalue weighted by Gasteiger charge is 2.07. The molecule has 4 heteroatoms. The molecule has 0 unspecified atom stereocenters. The molecule has 1 heterocycles. The van der Waals surface area contributed by atoms with Crippen molar-refractivity contribution in [3.05, 3.63) is 34.1 Å². The zero-order valence-corrected chi connectivity index (χ0v) is 10.2. The molecule has 2 aromatic rings. The van der Waals surface area contributed by atoms with E-state index in [0.717, 1.165) is 16.5 Å². The lowest BCUT2D eigenvalue weighted by molar-refractivity contribution is 0.513. The molecule has 0 fully saturated rings. The summed E-state index contributed by atoms with van der Waals surface area (Å²) in [5.41, 5.74) is 2.13. The first-order valence-corrected chi connectivity index (χ1v) is 5.59. The first-order chi connectivity index (χ1) is 7.20. The number of aryl methyl sites for hydroxylation is 2. The third kappa shape index (κ3) is 2.09. The molecule has 0 bridgehead atoms. The number of benzene rings is 1. The van der Waals surface area contributed by atoms with E-state index in [1.165, 1.54) is 5.56 Å². The maximum absolute atomic E-state index is 5.47. The Balaban J connectivity index is 2.40. The van der Waals surface area contributed by atoms with Gasteiger partial charge in [-0.25, -0.2) is 0 Å². The number of hydrogen-bond donors (Lipinski definition) is 0. The first-order valence-electron chi connectivity index (χ1n) is 4.79. The largest absolute Gasteiger partial charge is 0.421 e. The highest BCUT2D eigenvalue weighted by Crippen LogP contribution is 2.24. The van der Waals surface area contributed by atoms with Crippen LogP contribution in [0.5, 0.6) is 0 Å². The van der Waals surface area contributed by atoms with Gasteiger partial charge in [-0.1, -0.05) is 28.9 Å². The van der Waals surface area contributed by atoms with Crippen LogP contribution in [0.2, 0.25) is 0 Å².